The molecule has 0 aliphatic carbocycles. The lowest BCUT2D eigenvalue weighted by atomic mass is 9.93. The number of thiazole rings is 1. The SMILES string of the molecule is COc1cc(C=C2SC(=Nc3nc(C(C)(C)C)c([N+](=O)[O-])s3)NC2=O)ccc1O. The summed E-state index contributed by atoms with van der Waals surface area (Å²) >= 11 is 1.97. The number of carbonyl (C=O) groups excluding carboxylic acids is 1. The van der Waals surface area contributed by atoms with Gasteiger partial charge in [-0.25, -0.2) is 4.98 Å². The summed E-state index contributed by atoms with van der Waals surface area (Å²) in [6.45, 7) is 5.51. The molecule has 9 nitrogen and oxygen atoms in total. The quantitative estimate of drug-likeness (QED) is 0.424. The molecule has 0 unspecified atom stereocenters. The highest BCUT2D eigenvalue weighted by molar-refractivity contribution is 8.18. The fourth-order valence-electron chi connectivity index (χ4n) is 2.46. The highest BCUT2D eigenvalue weighted by atomic mass is 32.2. The van der Waals surface area contributed by atoms with E-state index in [4.69, 9.17) is 4.74 Å². The molecule has 0 radical (unpaired) electrons. The van der Waals surface area contributed by atoms with Gasteiger partial charge in [0.25, 0.3) is 5.91 Å². The molecule has 11 heteroatoms. The van der Waals surface area contributed by atoms with Crippen LogP contribution < -0.4 is 10.1 Å². The average Bonchev–Trinajstić information content (AvgIpc) is 3.20. The predicted octanol–water partition coefficient (Wildman–Crippen LogP) is 3.95. The second-order valence-electron chi connectivity index (χ2n) is 7.07. The standard InChI is InChI=1S/C18H18N4O5S2/c1-18(2,3)13-15(22(25)26)29-16(19-13)21-17-20-14(24)12(28-17)8-9-5-6-10(23)11(7-9)27-4/h5-8,23H,1-4H3,(H,19,20,21,24). The zero-order chi connectivity index (χ0) is 21.3. The summed E-state index contributed by atoms with van der Waals surface area (Å²) in [6, 6.07) is 4.72. The van der Waals surface area contributed by atoms with Crippen molar-refractivity contribution < 1.29 is 19.6 Å². The number of rotatable bonds is 4. The van der Waals surface area contributed by atoms with E-state index in [0.29, 0.717) is 21.9 Å². The van der Waals surface area contributed by atoms with E-state index in [2.05, 4.69) is 15.3 Å². The fraction of sp³-hybridized carbons (Fsp3) is 0.278. The number of carbonyl (C=O) groups is 1. The van der Waals surface area contributed by atoms with Gasteiger partial charge in [-0.15, -0.1) is 0 Å². The van der Waals surface area contributed by atoms with Crippen molar-refractivity contribution >= 4 is 50.4 Å². The smallest absolute Gasteiger partial charge is 0.349 e. The summed E-state index contributed by atoms with van der Waals surface area (Å²) in [5.41, 5.74) is 0.512. The van der Waals surface area contributed by atoms with Crippen molar-refractivity contribution in [3.63, 3.8) is 0 Å². The van der Waals surface area contributed by atoms with Crippen LogP contribution in [-0.4, -0.2) is 33.2 Å². The Bertz CT molecular complexity index is 1050. The van der Waals surface area contributed by atoms with Crippen LogP contribution in [0.15, 0.2) is 28.1 Å². The number of benzene rings is 1. The maximum Gasteiger partial charge on any atom is 0.349 e. The van der Waals surface area contributed by atoms with Crippen molar-refractivity contribution in [3.05, 3.63) is 44.5 Å². The maximum atomic E-state index is 12.3. The molecule has 0 saturated carbocycles. The Morgan fingerprint density at radius 3 is 2.69 bits per heavy atom. The van der Waals surface area contributed by atoms with Crippen molar-refractivity contribution in [2.24, 2.45) is 4.99 Å². The van der Waals surface area contributed by atoms with E-state index in [-0.39, 0.29) is 27.0 Å². The third-order valence-electron chi connectivity index (χ3n) is 3.82. The minimum atomic E-state index is -0.508. The van der Waals surface area contributed by atoms with Crippen LogP contribution in [0.2, 0.25) is 0 Å². The van der Waals surface area contributed by atoms with E-state index in [1.165, 1.54) is 13.2 Å². The number of aromatic hydroxyl groups is 1. The number of hydrogen-bond acceptors (Lipinski definition) is 9. The minimum absolute atomic E-state index is 0.000412. The van der Waals surface area contributed by atoms with Crippen LogP contribution in [0.4, 0.5) is 10.1 Å². The number of amidine groups is 1. The predicted molar refractivity (Wildman–Crippen MR) is 113 cm³/mol. The van der Waals surface area contributed by atoms with Gasteiger partial charge >= 0.3 is 5.00 Å². The van der Waals surface area contributed by atoms with Gasteiger partial charge in [0.2, 0.25) is 5.13 Å². The number of phenolic OH excluding ortho intramolecular Hbond substituents is 1. The summed E-state index contributed by atoms with van der Waals surface area (Å²) in [5.74, 6) is -0.0511. The molecule has 1 aromatic heterocycles. The molecule has 152 valence electrons. The molecule has 0 bridgehead atoms. The van der Waals surface area contributed by atoms with Crippen LogP contribution in [0, 0.1) is 10.1 Å². The zero-order valence-electron chi connectivity index (χ0n) is 16.0. The van der Waals surface area contributed by atoms with Gasteiger partial charge in [0.1, 0.15) is 5.69 Å². The Kier molecular flexibility index (Phi) is 5.62. The van der Waals surface area contributed by atoms with E-state index in [9.17, 15) is 20.0 Å². The Morgan fingerprint density at radius 2 is 2.10 bits per heavy atom. The number of ether oxygens (including phenoxy) is 1. The van der Waals surface area contributed by atoms with Gasteiger partial charge in [-0.1, -0.05) is 26.8 Å². The van der Waals surface area contributed by atoms with Gasteiger partial charge < -0.3 is 15.2 Å². The number of nitro groups is 1. The van der Waals surface area contributed by atoms with Crippen LogP contribution in [0.1, 0.15) is 32.0 Å². The number of methoxy groups -OCH3 is 1. The van der Waals surface area contributed by atoms with Gasteiger partial charge in [0, 0.05) is 5.41 Å². The summed E-state index contributed by atoms with van der Waals surface area (Å²) in [4.78, 5) is 32.1. The second-order valence-corrected chi connectivity index (χ2v) is 9.06. The first-order chi connectivity index (χ1) is 13.6. The average molecular weight is 434 g/mol. The summed E-state index contributed by atoms with van der Waals surface area (Å²) in [6.07, 6.45) is 1.63. The first-order valence-electron chi connectivity index (χ1n) is 8.41. The van der Waals surface area contributed by atoms with Crippen molar-refractivity contribution in [2.75, 3.05) is 7.11 Å². The number of nitrogens with zero attached hydrogens (tertiary/aromatic N) is 3. The molecule has 2 aromatic rings. The largest absolute Gasteiger partial charge is 0.504 e. The molecule has 1 fully saturated rings. The summed E-state index contributed by atoms with van der Waals surface area (Å²) < 4.78 is 5.07. The first-order valence-corrected chi connectivity index (χ1v) is 10.0. The van der Waals surface area contributed by atoms with Crippen LogP contribution in [-0.2, 0) is 10.2 Å². The van der Waals surface area contributed by atoms with Crippen LogP contribution >= 0.6 is 23.1 Å². The lowest BCUT2D eigenvalue weighted by Gasteiger charge is -2.13. The molecular weight excluding hydrogens is 416 g/mol. The molecule has 2 heterocycles. The van der Waals surface area contributed by atoms with Gasteiger partial charge in [-0.05, 0) is 46.9 Å². The van der Waals surface area contributed by atoms with Gasteiger partial charge in [-0.3, -0.25) is 14.9 Å². The first kappa shape index (κ1) is 20.8. The molecule has 1 amide bonds. The number of amides is 1. The molecule has 1 aromatic carbocycles. The lowest BCUT2D eigenvalue weighted by molar-refractivity contribution is -0.381. The maximum absolute atomic E-state index is 12.3. The van der Waals surface area contributed by atoms with E-state index >= 15 is 0 Å². The minimum Gasteiger partial charge on any atom is -0.504 e. The van der Waals surface area contributed by atoms with Crippen LogP contribution in [0.25, 0.3) is 6.08 Å². The van der Waals surface area contributed by atoms with Gasteiger partial charge in [0.15, 0.2) is 16.7 Å². The zero-order valence-corrected chi connectivity index (χ0v) is 17.7. The molecular formula is C18H18N4O5S2. The van der Waals surface area contributed by atoms with Crippen molar-refractivity contribution in [1.29, 1.82) is 0 Å². The van der Waals surface area contributed by atoms with Crippen molar-refractivity contribution in [2.45, 2.75) is 26.2 Å². The molecule has 3 rings (SSSR count). The lowest BCUT2D eigenvalue weighted by Crippen LogP contribution is -2.19. The number of nitrogens with one attached hydrogen (secondary N) is 1. The number of aliphatic imine (C=N–C) groups is 1. The van der Waals surface area contributed by atoms with Gasteiger partial charge in [-0.2, -0.15) is 4.99 Å². The van der Waals surface area contributed by atoms with Gasteiger partial charge in [0.05, 0.1) is 16.9 Å². The molecule has 1 aliphatic heterocycles. The second kappa shape index (κ2) is 7.84. The highest BCUT2D eigenvalue weighted by Crippen LogP contribution is 2.40. The third kappa shape index (κ3) is 4.57. The number of phenols is 1. The Morgan fingerprint density at radius 1 is 1.38 bits per heavy atom. The van der Waals surface area contributed by atoms with E-state index < -0.39 is 10.3 Å². The molecule has 1 aliphatic rings. The summed E-state index contributed by atoms with van der Waals surface area (Å²) in [5, 5.41) is 24.1. The third-order valence-corrected chi connectivity index (χ3v) is 5.63. The van der Waals surface area contributed by atoms with E-state index in [1.807, 2.05) is 20.8 Å². The Labute approximate surface area is 174 Å². The van der Waals surface area contributed by atoms with Crippen molar-refractivity contribution in [3.8, 4) is 11.5 Å². The summed E-state index contributed by atoms with van der Waals surface area (Å²) in [7, 11) is 1.44. The molecule has 2 N–H and O–H groups in total. The molecule has 1 saturated heterocycles. The molecule has 29 heavy (non-hydrogen) atoms. The monoisotopic (exact) mass is 434 g/mol. The molecule has 0 atom stereocenters. The molecule has 0 spiro atoms. The van der Waals surface area contributed by atoms with Crippen LogP contribution in [0.5, 0.6) is 11.5 Å². The Balaban J connectivity index is 1.89. The fourth-order valence-corrected chi connectivity index (χ4v) is 4.31. The van der Waals surface area contributed by atoms with E-state index in [0.717, 1.165) is 23.1 Å². The number of aromatic nitrogens is 1. The van der Waals surface area contributed by atoms with Crippen molar-refractivity contribution in [1.82, 2.24) is 10.3 Å². The Hall–Kier alpha value is -2.92. The number of thioether (sulfide) groups is 1. The topological polar surface area (TPSA) is 127 Å². The van der Waals surface area contributed by atoms with Crippen LogP contribution in [0.3, 0.4) is 0 Å². The highest BCUT2D eigenvalue weighted by Gasteiger charge is 2.31. The van der Waals surface area contributed by atoms with E-state index in [1.54, 1.807) is 18.2 Å². The normalized spacial score (nSPS) is 17.0. The number of hydrogen-bond donors (Lipinski definition) is 2.